The first-order chi connectivity index (χ1) is 4.56. The van der Waals surface area contributed by atoms with Crippen molar-refractivity contribution < 1.29 is 13.0 Å². The summed E-state index contributed by atoms with van der Waals surface area (Å²) in [7, 11) is -4.02. The molecule has 0 bridgehead atoms. The molecule has 0 aromatic heterocycles. The molecular formula is C6H9O3S. The third-order valence-electron chi connectivity index (χ3n) is 0.873. The van der Waals surface area contributed by atoms with Crippen molar-refractivity contribution in [3.05, 3.63) is 0 Å². The Morgan fingerprint density at radius 1 is 1.40 bits per heavy atom. The third kappa shape index (κ3) is 7.47. The summed E-state index contributed by atoms with van der Waals surface area (Å²) in [4.78, 5) is 0. The van der Waals surface area contributed by atoms with Gasteiger partial charge in [0.05, 0.1) is 5.75 Å². The summed E-state index contributed by atoms with van der Waals surface area (Å²) in [6, 6.07) is 0. The summed E-state index contributed by atoms with van der Waals surface area (Å²) in [6.07, 6.45) is 0.824. The van der Waals surface area contributed by atoms with Crippen LogP contribution in [-0.2, 0) is 14.7 Å². The Bertz CT molecular complexity index is 229. The molecular weight excluding hydrogens is 152 g/mol. The smallest absolute Gasteiger partial charge is 0.197 e. The van der Waals surface area contributed by atoms with Crippen molar-refractivity contribution in [3.63, 3.8) is 0 Å². The molecule has 4 heteroatoms. The largest absolute Gasteiger partial charge is 0.294 e. The van der Waals surface area contributed by atoms with E-state index < -0.39 is 10.1 Å². The maximum absolute atomic E-state index is 9.99. The van der Waals surface area contributed by atoms with Gasteiger partial charge in [0.1, 0.15) is 0 Å². The molecule has 0 saturated carbocycles. The van der Waals surface area contributed by atoms with Crippen molar-refractivity contribution in [3.8, 4) is 11.8 Å². The average Bonchev–Trinajstić information content (AvgIpc) is 1.78. The van der Waals surface area contributed by atoms with Crippen molar-refractivity contribution in [1.29, 1.82) is 0 Å². The first-order valence-electron chi connectivity index (χ1n) is 2.89. The predicted octanol–water partition coefficient (Wildman–Crippen LogP) is 0.550. The van der Waals surface area contributed by atoms with E-state index in [1.54, 1.807) is 6.92 Å². The van der Waals surface area contributed by atoms with Crippen molar-refractivity contribution in [2.45, 2.75) is 19.8 Å². The van der Waals surface area contributed by atoms with Gasteiger partial charge >= 0.3 is 0 Å². The molecule has 0 aliphatic carbocycles. The van der Waals surface area contributed by atoms with Gasteiger partial charge in [-0.1, -0.05) is 4.55 Å². The SMILES string of the molecule is CC#CCCCS([O])(=O)=O. The molecule has 0 unspecified atom stereocenters. The van der Waals surface area contributed by atoms with Crippen LogP contribution in [0.4, 0.5) is 0 Å². The number of rotatable bonds is 3. The number of hydrogen-bond donors (Lipinski definition) is 0. The highest BCUT2D eigenvalue weighted by molar-refractivity contribution is 7.85. The zero-order valence-electron chi connectivity index (χ0n) is 5.75. The van der Waals surface area contributed by atoms with Crippen molar-refractivity contribution in [2.75, 3.05) is 5.75 Å². The molecule has 0 saturated heterocycles. The van der Waals surface area contributed by atoms with E-state index in [1.165, 1.54) is 0 Å². The van der Waals surface area contributed by atoms with Gasteiger partial charge < -0.3 is 0 Å². The molecule has 0 aliphatic rings. The van der Waals surface area contributed by atoms with E-state index in [1.807, 2.05) is 0 Å². The lowest BCUT2D eigenvalue weighted by molar-refractivity contribution is 0.413. The molecule has 10 heavy (non-hydrogen) atoms. The van der Waals surface area contributed by atoms with Crippen molar-refractivity contribution in [1.82, 2.24) is 0 Å². The van der Waals surface area contributed by atoms with Gasteiger partial charge in [-0.05, 0) is 13.3 Å². The fourth-order valence-electron chi connectivity index (χ4n) is 0.462. The van der Waals surface area contributed by atoms with Crippen LogP contribution < -0.4 is 0 Å². The fourth-order valence-corrected chi connectivity index (χ4v) is 0.960. The molecule has 57 valence electrons. The van der Waals surface area contributed by atoms with Gasteiger partial charge in [-0.3, -0.25) is 0 Å². The molecule has 0 aromatic rings. The van der Waals surface area contributed by atoms with E-state index in [-0.39, 0.29) is 5.75 Å². The van der Waals surface area contributed by atoms with Crippen LogP contribution in [0.5, 0.6) is 0 Å². The molecule has 0 aromatic carbocycles. The predicted molar refractivity (Wildman–Crippen MR) is 37.2 cm³/mol. The van der Waals surface area contributed by atoms with Crippen LogP contribution in [0, 0.1) is 11.8 Å². The highest BCUT2D eigenvalue weighted by Crippen LogP contribution is 1.92. The quantitative estimate of drug-likeness (QED) is 0.448. The fraction of sp³-hybridized carbons (Fsp3) is 0.667. The van der Waals surface area contributed by atoms with Crippen molar-refractivity contribution >= 4 is 10.1 Å². The Morgan fingerprint density at radius 2 is 2.00 bits per heavy atom. The number of unbranched alkanes of at least 4 members (excludes halogenated alkanes) is 1. The summed E-state index contributed by atoms with van der Waals surface area (Å²) >= 11 is 0. The minimum atomic E-state index is -4.02. The topological polar surface area (TPSA) is 54.0 Å². The Labute approximate surface area is 61.2 Å². The second-order valence-electron chi connectivity index (χ2n) is 1.79. The summed E-state index contributed by atoms with van der Waals surface area (Å²) in [6.45, 7) is 1.67. The molecule has 0 amide bonds. The normalized spacial score (nSPS) is 10.2. The summed E-state index contributed by atoms with van der Waals surface area (Å²) < 4.78 is 30.0. The van der Waals surface area contributed by atoms with E-state index in [2.05, 4.69) is 11.8 Å². The molecule has 1 radical (unpaired) electrons. The highest BCUT2D eigenvalue weighted by atomic mass is 32.2. The van der Waals surface area contributed by atoms with Crippen LogP contribution in [0.25, 0.3) is 0 Å². The van der Waals surface area contributed by atoms with Crippen LogP contribution >= 0.6 is 0 Å². The lowest BCUT2D eigenvalue weighted by atomic mass is 10.3. The average molecular weight is 161 g/mol. The lowest BCUT2D eigenvalue weighted by Gasteiger charge is -1.87. The van der Waals surface area contributed by atoms with Gasteiger partial charge in [-0.15, -0.1) is 11.8 Å². The molecule has 0 heterocycles. The van der Waals surface area contributed by atoms with E-state index in [0.29, 0.717) is 12.8 Å². The number of hydrogen-bond acceptors (Lipinski definition) is 2. The second kappa shape index (κ2) is 4.31. The van der Waals surface area contributed by atoms with Crippen LogP contribution in [0.2, 0.25) is 0 Å². The lowest BCUT2D eigenvalue weighted by Crippen LogP contribution is -2.00. The molecule has 0 spiro atoms. The Hall–Kier alpha value is -0.530. The third-order valence-corrected chi connectivity index (χ3v) is 1.66. The summed E-state index contributed by atoms with van der Waals surface area (Å²) in [5.41, 5.74) is 0. The van der Waals surface area contributed by atoms with Crippen LogP contribution in [0.15, 0.2) is 0 Å². The minimum Gasteiger partial charge on any atom is -0.197 e. The summed E-state index contributed by atoms with van der Waals surface area (Å²) in [5.74, 6) is 4.97. The first kappa shape index (κ1) is 9.47. The minimum absolute atomic E-state index is 0.304. The molecule has 0 aliphatic heterocycles. The molecule has 3 nitrogen and oxygen atoms in total. The molecule has 0 fully saturated rings. The summed E-state index contributed by atoms with van der Waals surface area (Å²) in [5, 5.41) is 0. The van der Waals surface area contributed by atoms with Crippen LogP contribution in [-0.4, -0.2) is 14.2 Å². The second-order valence-corrected chi connectivity index (χ2v) is 3.32. The van der Waals surface area contributed by atoms with Crippen LogP contribution in [0.1, 0.15) is 19.8 Å². The standard InChI is InChI=1S/C6H9O3S/c1-2-3-4-5-6-10(7,8)9/h4-6H2,1H3. The zero-order valence-corrected chi connectivity index (χ0v) is 6.57. The van der Waals surface area contributed by atoms with Gasteiger partial charge in [-0.2, -0.15) is 8.42 Å². The Kier molecular flexibility index (Phi) is 4.08. The van der Waals surface area contributed by atoms with Gasteiger partial charge in [0.2, 0.25) is 0 Å². The molecule has 0 rings (SSSR count). The Morgan fingerprint density at radius 3 is 2.40 bits per heavy atom. The van der Waals surface area contributed by atoms with Gasteiger partial charge in [-0.25, -0.2) is 0 Å². The first-order valence-corrected chi connectivity index (χ1v) is 4.47. The van der Waals surface area contributed by atoms with Crippen molar-refractivity contribution in [2.24, 2.45) is 0 Å². The van der Waals surface area contributed by atoms with E-state index in [0.717, 1.165) is 0 Å². The monoisotopic (exact) mass is 161 g/mol. The maximum Gasteiger partial charge on any atom is 0.294 e. The van der Waals surface area contributed by atoms with Gasteiger partial charge in [0.15, 0.2) is 0 Å². The molecule has 0 atom stereocenters. The zero-order chi connectivity index (χ0) is 8.04. The highest BCUT2D eigenvalue weighted by Gasteiger charge is 2.03. The molecule has 0 N–H and O–H groups in total. The Balaban J connectivity index is 3.45. The van der Waals surface area contributed by atoms with Gasteiger partial charge in [0.25, 0.3) is 10.1 Å². The van der Waals surface area contributed by atoms with E-state index in [9.17, 15) is 13.0 Å². The van der Waals surface area contributed by atoms with E-state index >= 15 is 0 Å². The maximum atomic E-state index is 9.99. The van der Waals surface area contributed by atoms with Crippen LogP contribution in [0.3, 0.4) is 0 Å². The van der Waals surface area contributed by atoms with E-state index in [4.69, 9.17) is 0 Å². The van der Waals surface area contributed by atoms with Gasteiger partial charge in [0, 0.05) is 6.42 Å².